The van der Waals surface area contributed by atoms with E-state index in [1.54, 1.807) is 0 Å². The number of hydrogen-bond acceptors (Lipinski definition) is 2. The molecule has 0 fully saturated rings. The lowest BCUT2D eigenvalue weighted by molar-refractivity contribution is -0.376. The van der Waals surface area contributed by atoms with Crippen molar-refractivity contribution in [2.75, 3.05) is 11.4 Å². The topological polar surface area (TPSA) is 41.2 Å². The van der Waals surface area contributed by atoms with Crippen LogP contribution in [-0.4, -0.2) is 6.54 Å². The van der Waals surface area contributed by atoms with Gasteiger partial charge in [-0.2, -0.15) is 10.2 Å². The first-order valence-corrected chi connectivity index (χ1v) is 6.59. The van der Waals surface area contributed by atoms with Crippen LogP contribution in [0.4, 0.5) is 5.69 Å². The van der Waals surface area contributed by atoms with Crippen molar-refractivity contribution in [3.05, 3.63) is 58.4 Å². The van der Waals surface area contributed by atoms with E-state index in [0.29, 0.717) is 10.7 Å². The summed E-state index contributed by atoms with van der Waals surface area (Å²) in [5.74, 6) is 0. The van der Waals surface area contributed by atoms with Crippen LogP contribution >= 0.6 is 11.6 Å². The van der Waals surface area contributed by atoms with Crippen LogP contribution in [-0.2, 0) is 13.0 Å². The number of hydrogen-bond donors (Lipinski definition) is 0. The van der Waals surface area contributed by atoms with E-state index in [1.165, 1.54) is 5.56 Å². The van der Waals surface area contributed by atoms with Gasteiger partial charge in [0.25, 0.3) is 5.15 Å². The molecule has 1 aliphatic rings. The molecule has 1 aromatic heterocycles. The number of rotatable bonds is 2. The van der Waals surface area contributed by atoms with E-state index in [4.69, 9.17) is 11.6 Å². The Hall–Kier alpha value is -2.05. The van der Waals surface area contributed by atoms with Crippen LogP contribution < -0.4 is 9.88 Å². The summed E-state index contributed by atoms with van der Waals surface area (Å²) in [5, 5.41) is 9.70. The van der Waals surface area contributed by atoms with Gasteiger partial charge in [-0.1, -0.05) is 30.3 Å². The first-order valence-electron chi connectivity index (χ1n) is 6.21. The maximum Gasteiger partial charge on any atom is 0.293 e. The Balaban J connectivity index is 1.98. The predicted octanol–water partition coefficient (Wildman–Crippen LogP) is 2.59. The van der Waals surface area contributed by atoms with Gasteiger partial charge in [-0.25, -0.2) is 0 Å². The SMILES string of the molecule is N#Cc1c(Cl)[nH+]cc2c1N(Cc1ccccc1)CC2. The number of fused-ring (bicyclic) bond motifs is 1. The number of nitriles is 1. The molecular weight excluding hydrogens is 258 g/mol. The van der Waals surface area contributed by atoms with Gasteiger partial charge in [-0.3, -0.25) is 0 Å². The van der Waals surface area contributed by atoms with Crippen LogP contribution in [0.5, 0.6) is 0 Å². The standard InChI is InChI=1S/C15H12ClN3/c16-15-13(8-17)14-12(9-18-15)6-7-19(14)10-11-4-2-1-3-5-11/h1-5,9H,6-7,10H2/p+1. The molecule has 2 aromatic rings. The number of benzene rings is 1. The maximum absolute atomic E-state index is 9.29. The summed E-state index contributed by atoms with van der Waals surface area (Å²) in [7, 11) is 0. The third kappa shape index (κ3) is 2.16. The van der Waals surface area contributed by atoms with Crippen molar-refractivity contribution in [3.63, 3.8) is 0 Å². The lowest BCUT2D eigenvalue weighted by Gasteiger charge is -2.19. The highest BCUT2D eigenvalue weighted by Crippen LogP contribution is 2.33. The summed E-state index contributed by atoms with van der Waals surface area (Å²) in [6, 6.07) is 12.5. The Labute approximate surface area is 117 Å². The number of aromatic amines is 1. The fraction of sp³-hybridized carbons (Fsp3) is 0.200. The van der Waals surface area contributed by atoms with Gasteiger partial charge in [0.15, 0.2) is 11.8 Å². The molecule has 4 heteroatoms. The van der Waals surface area contributed by atoms with Crippen molar-refractivity contribution >= 4 is 17.3 Å². The van der Waals surface area contributed by atoms with Gasteiger partial charge in [-0.05, 0) is 23.6 Å². The Kier molecular flexibility index (Phi) is 3.10. The second-order valence-corrected chi connectivity index (χ2v) is 5.00. The van der Waals surface area contributed by atoms with E-state index in [1.807, 2.05) is 24.4 Å². The average Bonchev–Trinajstić information content (AvgIpc) is 2.83. The number of nitrogens with zero attached hydrogens (tertiary/aromatic N) is 2. The largest absolute Gasteiger partial charge is 0.365 e. The normalized spacial score (nSPS) is 13.2. The molecule has 0 saturated carbocycles. The molecule has 1 N–H and O–H groups in total. The summed E-state index contributed by atoms with van der Waals surface area (Å²) in [5.41, 5.74) is 3.93. The summed E-state index contributed by atoms with van der Waals surface area (Å²) in [6.07, 6.45) is 2.86. The number of pyridine rings is 1. The Morgan fingerprint density at radius 2 is 2.11 bits per heavy atom. The molecule has 0 amide bonds. The van der Waals surface area contributed by atoms with E-state index < -0.39 is 0 Å². The molecule has 1 aromatic carbocycles. The summed E-state index contributed by atoms with van der Waals surface area (Å²) in [6.45, 7) is 1.73. The van der Waals surface area contributed by atoms with Gasteiger partial charge in [0.1, 0.15) is 6.07 Å². The molecule has 0 bridgehead atoms. The van der Waals surface area contributed by atoms with Crippen molar-refractivity contribution in [1.82, 2.24) is 0 Å². The quantitative estimate of drug-likeness (QED) is 0.787. The van der Waals surface area contributed by atoms with Crippen molar-refractivity contribution in [2.24, 2.45) is 0 Å². The Bertz CT molecular complexity index is 646. The van der Waals surface area contributed by atoms with Crippen LogP contribution in [0, 0.1) is 11.3 Å². The van der Waals surface area contributed by atoms with Gasteiger partial charge in [-0.15, -0.1) is 0 Å². The molecular formula is C15H13ClN3+. The fourth-order valence-corrected chi connectivity index (χ4v) is 2.72. The highest BCUT2D eigenvalue weighted by atomic mass is 35.5. The van der Waals surface area contributed by atoms with Gasteiger partial charge >= 0.3 is 0 Å². The third-order valence-electron chi connectivity index (χ3n) is 3.43. The van der Waals surface area contributed by atoms with E-state index >= 15 is 0 Å². The molecule has 3 nitrogen and oxygen atoms in total. The van der Waals surface area contributed by atoms with Crippen LogP contribution in [0.2, 0.25) is 5.15 Å². The van der Waals surface area contributed by atoms with Gasteiger partial charge in [0, 0.05) is 18.7 Å². The molecule has 1 aliphatic heterocycles. The molecule has 19 heavy (non-hydrogen) atoms. The van der Waals surface area contributed by atoms with Crippen molar-refractivity contribution < 1.29 is 4.98 Å². The number of aromatic nitrogens is 1. The fourth-order valence-electron chi connectivity index (χ4n) is 2.54. The predicted molar refractivity (Wildman–Crippen MR) is 73.9 cm³/mol. The minimum absolute atomic E-state index is 0.418. The first-order chi connectivity index (χ1) is 9.29. The highest BCUT2D eigenvalue weighted by Gasteiger charge is 2.28. The number of H-pyrrole nitrogens is 1. The van der Waals surface area contributed by atoms with E-state index in [9.17, 15) is 5.26 Å². The molecule has 0 radical (unpaired) electrons. The van der Waals surface area contributed by atoms with Gasteiger partial charge < -0.3 is 4.90 Å². The number of nitrogens with one attached hydrogen (secondary N) is 1. The van der Waals surface area contributed by atoms with E-state index in [-0.39, 0.29) is 0 Å². The van der Waals surface area contributed by atoms with Crippen LogP contribution in [0.1, 0.15) is 16.7 Å². The smallest absolute Gasteiger partial charge is 0.293 e. The van der Waals surface area contributed by atoms with Crippen molar-refractivity contribution in [2.45, 2.75) is 13.0 Å². The van der Waals surface area contributed by atoms with E-state index in [0.717, 1.165) is 30.8 Å². The molecule has 0 aliphatic carbocycles. The summed E-state index contributed by atoms with van der Waals surface area (Å²) >= 11 is 6.07. The summed E-state index contributed by atoms with van der Waals surface area (Å²) < 4.78 is 0. The lowest BCUT2D eigenvalue weighted by Crippen LogP contribution is -2.21. The van der Waals surface area contributed by atoms with Crippen LogP contribution in [0.3, 0.4) is 0 Å². The third-order valence-corrected chi connectivity index (χ3v) is 3.73. The first kappa shape index (κ1) is 12.0. The highest BCUT2D eigenvalue weighted by molar-refractivity contribution is 6.30. The zero-order valence-electron chi connectivity index (χ0n) is 10.4. The van der Waals surface area contributed by atoms with Gasteiger partial charge in [0.05, 0.1) is 5.69 Å². The molecule has 0 atom stereocenters. The number of anilines is 1. The zero-order chi connectivity index (χ0) is 13.2. The second kappa shape index (κ2) is 4.91. The second-order valence-electron chi connectivity index (χ2n) is 4.62. The Morgan fingerprint density at radius 3 is 2.84 bits per heavy atom. The molecule has 2 heterocycles. The molecule has 0 saturated heterocycles. The molecule has 0 spiro atoms. The molecule has 0 unspecified atom stereocenters. The zero-order valence-corrected chi connectivity index (χ0v) is 11.1. The molecule has 94 valence electrons. The van der Waals surface area contributed by atoms with Crippen LogP contribution in [0.25, 0.3) is 0 Å². The number of halogens is 1. The van der Waals surface area contributed by atoms with Crippen molar-refractivity contribution in [3.8, 4) is 6.07 Å². The van der Waals surface area contributed by atoms with Gasteiger partial charge in [0.2, 0.25) is 0 Å². The summed E-state index contributed by atoms with van der Waals surface area (Å²) in [4.78, 5) is 5.18. The molecule has 3 rings (SSSR count). The average molecular weight is 271 g/mol. The lowest BCUT2D eigenvalue weighted by atomic mass is 10.1. The maximum atomic E-state index is 9.29. The minimum Gasteiger partial charge on any atom is -0.365 e. The van der Waals surface area contributed by atoms with Crippen LogP contribution in [0.15, 0.2) is 36.5 Å². The Morgan fingerprint density at radius 1 is 1.32 bits per heavy atom. The van der Waals surface area contributed by atoms with Crippen molar-refractivity contribution in [1.29, 1.82) is 5.26 Å². The monoisotopic (exact) mass is 270 g/mol. The van der Waals surface area contributed by atoms with E-state index in [2.05, 4.69) is 28.1 Å². The minimum atomic E-state index is 0.418.